The second kappa shape index (κ2) is 4.82. The Kier molecular flexibility index (Phi) is 4.49. The molecule has 0 rings (SSSR count). The number of amides is 2. The van der Waals surface area contributed by atoms with Gasteiger partial charge in [-0.15, -0.1) is 0 Å². The smallest absolute Gasteiger partial charge is 0.252 e. The second-order valence-corrected chi connectivity index (χ2v) is 5.49. The zero-order valence-corrected chi connectivity index (χ0v) is 10.8. The first-order valence-electron chi connectivity index (χ1n) is 5.29. The lowest BCUT2D eigenvalue weighted by Gasteiger charge is -2.25. The molecule has 0 bridgehead atoms. The van der Waals surface area contributed by atoms with Crippen molar-refractivity contribution in [3.8, 4) is 0 Å². The fourth-order valence-corrected chi connectivity index (χ4v) is 0.917. The minimum atomic E-state index is -1.48. The number of carbonyl (C=O) groups excluding carboxylic acids is 2. The molecule has 16 heavy (non-hydrogen) atoms. The SMILES string of the molecule is CC(NC(=O)C(C)(C)O)C(=O)NC(C)(C)C. The van der Waals surface area contributed by atoms with Crippen molar-refractivity contribution >= 4 is 11.8 Å². The molecule has 0 spiro atoms. The summed E-state index contributed by atoms with van der Waals surface area (Å²) in [6.07, 6.45) is 0. The predicted molar refractivity (Wildman–Crippen MR) is 61.8 cm³/mol. The van der Waals surface area contributed by atoms with Crippen molar-refractivity contribution in [3.05, 3.63) is 0 Å². The molecular formula is C11H22N2O3. The minimum Gasteiger partial charge on any atom is -0.381 e. The summed E-state index contributed by atoms with van der Waals surface area (Å²) >= 11 is 0. The summed E-state index contributed by atoms with van der Waals surface area (Å²) in [4.78, 5) is 23.0. The molecule has 5 nitrogen and oxygen atoms in total. The van der Waals surface area contributed by atoms with Gasteiger partial charge in [0.15, 0.2) is 0 Å². The van der Waals surface area contributed by atoms with Gasteiger partial charge in [0.2, 0.25) is 5.91 Å². The summed E-state index contributed by atoms with van der Waals surface area (Å²) in [5, 5.41) is 14.6. The molecule has 5 heteroatoms. The van der Waals surface area contributed by atoms with E-state index in [0.717, 1.165) is 0 Å². The lowest BCUT2D eigenvalue weighted by Crippen LogP contribution is -2.54. The highest BCUT2D eigenvalue weighted by molar-refractivity contribution is 5.90. The average Bonchev–Trinajstić information content (AvgIpc) is 1.98. The monoisotopic (exact) mass is 230 g/mol. The molecule has 0 heterocycles. The van der Waals surface area contributed by atoms with Crippen molar-refractivity contribution in [1.82, 2.24) is 10.6 Å². The summed E-state index contributed by atoms with van der Waals surface area (Å²) in [5.41, 5.74) is -1.82. The van der Waals surface area contributed by atoms with Crippen molar-refractivity contribution in [3.63, 3.8) is 0 Å². The molecule has 0 aliphatic heterocycles. The Balaban J connectivity index is 4.33. The molecule has 0 aliphatic rings. The van der Waals surface area contributed by atoms with Crippen molar-refractivity contribution in [1.29, 1.82) is 0 Å². The molecule has 0 aromatic rings. The predicted octanol–water partition coefficient (Wildman–Crippen LogP) is 0.177. The van der Waals surface area contributed by atoms with Crippen LogP contribution >= 0.6 is 0 Å². The maximum Gasteiger partial charge on any atom is 0.252 e. The van der Waals surface area contributed by atoms with E-state index >= 15 is 0 Å². The van der Waals surface area contributed by atoms with Crippen LogP contribution < -0.4 is 10.6 Å². The van der Waals surface area contributed by atoms with Crippen LogP contribution in [-0.4, -0.2) is 34.1 Å². The normalized spacial score (nSPS) is 14.2. The van der Waals surface area contributed by atoms with Crippen LogP contribution in [0.1, 0.15) is 41.5 Å². The topological polar surface area (TPSA) is 78.4 Å². The largest absolute Gasteiger partial charge is 0.381 e. The highest BCUT2D eigenvalue weighted by Crippen LogP contribution is 2.03. The molecule has 94 valence electrons. The highest BCUT2D eigenvalue weighted by Gasteiger charge is 2.28. The van der Waals surface area contributed by atoms with Gasteiger partial charge in [-0.3, -0.25) is 9.59 Å². The third-order valence-electron chi connectivity index (χ3n) is 1.79. The van der Waals surface area contributed by atoms with Crippen LogP contribution in [0.25, 0.3) is 0 Å². The molecule has 1 unspecified atom stereocenters. The van der Waals surface area contributed by atoms with E-state index in [1.807, 2.05) is 20.8 Å². The third kappa shape index (κ3) is 5.70. The van der Waals surface area contributed by atoms with Crippen LogP contribution in [-0.2, 0) is 9.59 Å². The van der Waals surface area contributed by atoms with E-state index in [4.69, 9.17) is 0 Å². The molecule has 0 radical (unpaired) electrons. The van der Waals surface area contributed by atoms with Crippen LogP contribution in [0.3, 0.4) is 0 Å². The van der Waals surface area contributed by atoms with E-state index < -0.39 is 17.6 Å². The minimum absolute atomic E-state index is 0.273. The number of rotatable bonds is 3. The number of carbonyl (C=O) groups is 2. The quantitative estimate of drug-likeness (QED) is 0.647. The zero-order valence-electron chi connectivity index (χ0n) is 10.8. The average molecular weight is 230 g/mol. The van der Waals surface area contributed by atoms with E-state index in [0.29, 0.717) is 0 Å². The lowest BCUT2D eigenvalue weighted by atomic mass is 10.1. The van der Waals surface area contributed by atoms with Crippen molar-refractivity contribution in [2.24, 2.45) is 0 Å². The summed E-state index contributed by atoms with van der Waals surface area (Å²) in [6.45, 7) is 9.89. The number of hydrogen-bond acceptors (Lipinski definition) is 3. The van der Waals surface area contributed by atoms with Gasteiger partial charge in [-0.2, -0.15) is 0 Å². The molecule has 0 saturated carbocycles. The van der Waals surface area contributed by atoms with Gasteiger partial charge < -0.3 is 15.7 Å². The first-order chi connectivity index (χ1) is 6.93. The van der Waals surface area contributed by atoms with Gasteiger partial charge in [-0.25, -0.2) is 0 Å². The van der Waals surface area contributed by atoms with Crippen LogP contribution in [0, 0.1) is 0 Å². The van der Waals surface area contributed by atoms with Crippen LogP contribution in [0.15, 0.2) is 0 Å². The van der Waals surface area contributed by atoms with E-state index in [1.54, 1.807) is 6.92 Å². The van der Waals surface area contributed by atoms with Gasteiger partial charge in [0.25, 0.3) is 5.91 Å². The van der Waals surface area contributed by atoms with Gasteiger partial charge >= 0.3 is 0 Å². The van der Waals surface area contributed by atoms with Crippen molar-refractivity contribution in [2.75, 3.05) is 0 Å². The molecule has 2 amide bonds. The highest BCUT2D eigenvalue weighted by atomic mass is 16.3. The van der Waals surface area contributed by atoms with E-state index in [1.165, 1.54) is 13.8 Å². The van der Waals surface area contributed by atoms with Gasteiger partial charge in [-0.1, -0.05) is 0 Å². The third-order valence-corrected chi connectivity index (χ3v) is 1.79. The Hall–Kier alpha value is -1.10. The summed E-state index contributed by atoms with van der Waals surface area (Å²) in [5.74, 6) is -0.839. The molecule has 0 aromatic heterocycles. The molecule has 0 aromatic carbocycles. The van der Waals surface area contributed by atoms with Gasteiger partial charge in [-0.05, 0) is 41.5 Å². The lowest BCUT2D eigenvalue weighted by molar-refractivity contribution is -0.139. The Bertz CT molecular complexity index is 274. The summed E-state index contributed by atoms with van der Waals surface area (Å²) < 4.78 is 0. The molecular weight excluding hydrogens is 208 g/mol. The Morgan fingerprint density at radius 1 is 1.12 bits per heavy atom. The summed E-state index contributed by atoms with van der Waals surface area (Å²) in [7, 11) is 0. The molecule has 0 fully saturated rings. The molecule has 3 N–H and O–H groups in total. The van der Waals surface area contributed by atoms with Crippen molar-refractivity contribution in [2.45, 2.75) is 58.7 Å². The standard InChI is InChI=1S/C11H22N2O3/c1-7(8(14)13-10(2,3)4)12-9(15)11(5,6)16/h7,16H,1-6H3,(H,12,15)(H,13,14). The number of aliphatic hydroxyl groups is 1. The molecule has 1 atom stereocenters. The maximum absolute atomic E-state index is 11.6. The second-order valence-electron chi connectivity index (χ2n) is 5.49. The fourth-order valence-electron chi connectivity index (χ4n) is 0.917. The van der Waals surface area contributed by atoms with Gasteiger partial charge in [0, 0.05) is 5.54 Å². The Morgan fingerprint density at radius 2 is 1.56 bits per heavy atom. The van der Waals surface area contributed by atoms with Crippen LogP contribution in [0.4, 0.5) is 0 Å². The number of nitrogens with one attached hydrogen (secondary N) is 2. The summed E-state index contributed by atoms with van der Waals surface area (Å²) in [6, 6.07) is -0.668. The van der Waals surface area contributed by atoms with Crippen LogP contribution in [0.5, 0.6) is 0 Å². The first kappa shape index (κ1) is 14.9. The first-order valence-corrected chi connectivity index (χ1v) is 5.29. The van der Waals surface area contributed by atoms with Gasteiger partial charge in [0.05, 0.1) is 0 Å². The van der Waals surface area contributed by atoms with E-state index in [2.05, 4.69) is 10.6 Å². The fraction of sp³-hybridized carbons (Fsp3) is 0.818. The molecule has 0 aliphatic carbocycles. The Morgan fingerprint density at radius 3 is 1.88 bits per heavy atom. The Labute approximate surface area is 96.6 Å². The van der Waals surface area contributed by atoms with E-state index in [-0.39, 0.29) is 11.4 Å². The number of hydrogen-bond donors (Lipinski definition) is 3. The maximum atomic E-state index is 11.6. The van der Waals surface area contributed by atoms with Crippen LogP contribution in [0.2, 0.25) is 0 Å². The zero-order chi connectivity index (χ0) is 13.1. The van der Waals surface area contributed by atoms with E-state index in [9.17, 15) is 14.7 Å². The van der Waals surface area contributed by atoms with Crippen molar-refractivity contribution < 1.29 is 14.7 Å². The van der Waals surface area contributed by atoms with Gasteiger partial charge in [0.1, 0.15) is 11.6 Å². The molecule has 0 saturated heterocycles.